The van der Waals surface area contributed by atoms with E-state index in [-0.39, 0.29) is 10.4 Å². The number of hydrogen-bond acceptors (Lipinski definition) is 2. The molecule has 0 aromatic carbocycles. The van der Waals surface area contributed by atoms with Gasteiger partial charge in [-0.2, -0.15) is 0 Å². The Kier molecular flexibility index (Phi) is 3.02. The van der Waals surface area contributed by atoms with Crippen LogP contribution in [0.15, 0.2) is 10.4 Å². The van der Waals surface area contributed by atoms with E-state index in [2.05, 4.69) is 0 Å². The van der Waals surface area contributed by atoms with Gasteiger partial charge in [-0.3, -0.25) is 0 Å². The summed E-state index contributed by atoms with van der Waals surface area (Å²) < 4.78 is -0.227. The molecule has 48 valence electrons. The fourth-order valence-corrected chi connectivity index (χ4v) is 0.507. The van der Waals surface area contributed by atoms with Crippen molar-refractivity contribution in [3.8, 4) is 0 Å². The quantitative estimate of drug-likeness (QED) is 0.515. The van der Waals surface area contributed by atoms with Crippen LogP contribution in [0, 0.1) is 0 Å². The van der Waals surface area contributed by atoms with Gasteiger partial charge in [-0.25, -0.2) is 0 Å². The maximum atomic E-state index is 10.5. The van der Waals surface area contributed by atoms with Gasteiger partial charge in [0.05, 0.1) is 0 Å². The molecule has 0 aliphatic carbocycles. The molecule has 0 saturated carbocycles. The van der Waals surface area contributed by atoms with Gasteiger partial charge in [0.15, 0.2) is 0 Å². The molecule has 0 rings (SSSR count). The van der Waals surface area contributed by atoms with Crippen molar-refractivity contribution in [1.29, 1.82) is 0 Å². The molecule has 0 fully saturated rings. The van der Waals surface area contributed by atoms with Gasteiger partial charge in [0.2, 0.25) is 0 Å². The molecule has 0 bridgehead atoms. The predicted molar refractivity (Wildman–Crippen MR) is 32.4 cm³/mol. The van der Waals surface area contributed by atoms with E-state index < -0.39 is 0 Å². The molecule has 0 N–H and O–H groups in total. The molecule has 4 heteroatoms. The van der Waals surface area contributed by atoms with Crippen LogP contribution >= 0.6 is 23.2 Å². The zero-order chi connectivity index (χ0) is 6.73. The molecule has 0 heterocycles. The van der Waals surface area contributed by atoms with Crippen LogP contribution in [0.1, 0.15) is 0 Å². The summed E-state index contributed by atoms with van der Waals surface area (Å²) >= 11 is 10.2. The molecule has 0 aliphatic heterocycles. The fraction of sp³-hybridized carbons (Fsp3) is 0.500. The summed E-state index contributed by atoms with van der Waals surface area (Å²) in [6.07, 6.45) is 0. The van der Waals surface area contributed by atoms with Gasteiger partial charge in [-0.1, -0.05) is 23.2 Å². The predicted octanol–water partition coefficient (Wildman–Crippen LogP) is 0.512. The first-order valence-corrected chi connectivity index (χ1v) is 2.71. The van der Waals surface area contributed by atoms with Crippen LogP contribution < -0.4 is 5.11 Å². The van der Waals surface area contributed by atoms with Crippen LogP contribution in [0.25, 0.3) is 0 Å². The normalized spacial score (nSPS) is 8.50. The first kappa shape index (κ1) is 7.92. The Hall–Kier alpha value is -0.0800. The second-order valence-electron chi connectivity index (χ2n) is 1.46. The standard InChI is InChI=1S/C4H7Cl2NO/c1-7(2)4(8)3(5)6/h8H,1-2H3/p-1. The van der Waals surface area contributed by atoms with Crippen LogP contribution in [0.3, 0.4) is 0 Å². The molecule has 0 saturated heterocycles. The lowest BCUT2D eigenvalue weighted by Gasteiger charge is -2.21. The topological polar surface area (TPSA) is 26.3 Å². The highest BCUT2D eigenvalue weighted by atomic mass is 35.5. The van der Waals surface area contributed by atoms with E-state index in [4.69, 9.17) is 23.2 Å². The van der Waals surface area contributed by atoms with Crippen molar-refractivity contribution >= 4 is 23.2 Å². The summed E-state index contributed by atoms with van der Waals surface area (Å²) in [5, 5.41) is 10.5. The second-order valence-corrected chi connectivity index (χ2v) is 2.41. The summed E-state index contributed by atoms with van der Waals surface area (Å²) in [7, 11) is 3.15. The minimum atomic E-state index is -0.367. The van der Waals surface area contributed by atoms with Gasteiger partial charge in [-0.15, -0.1) is 0 Å². The van der Waals surface area contributed by atoms with Crippen LogP contribution in [0.2, 0.25) is 0 Å². The van der Waals surface area contributed by atoms with Crippen molar-refractivity contribution < 1.29 is 5.11 Å². The molecule has 0 amide bonds. The molecule has 0 aromatic heterocycles. The average molecular weight is 155 g/mol. The lowest BCUT2D eigenvalue weighted by atomic mass is 10.8. The molecule has 0 aliphatic rings. The van der Waals surface area contributed by atoms with Gasteiger partial charge >= 0.3 is 0 Å². The smallest absolute Gasteiger partial charge is 0.115 e. The van der Waals surface area contributed by atoms with Gasteiger partial charge in [0.1, 0.15) is 4.49 Å². The fourth-order valence-electron chi connectivity index (χ4n) is 0.169. The number of hydrogen-bond donors (Lipinski definition) is 0. The number of rotatable bonds is 1. The Morgan fingerprint density at radius 1 is 1.38 bits per heavy atom. The molecule has 0 unspecified atom stereocenters. The first-order chi connectivity index (χ1) is 3.55. The van der Waals surface area contributed by atoms with Gasteiger partial charge in [0.25, 0.3) is 0 Å². The average Bonchev–Trinajstić information content (AvgIpc) is 1.64. The van der Waals surface area contributed by atoms with Crippen molar-refractivity contribution in [3.63, 3.8) is 0 Å². The van der Waals surface area contributed by atoms with Crippen LogP contribution in [0.4, 0.5) is 0 Å². The highest BCUT2D eigenvalue weighted by Gasteiger charge is 1.88. The molecule has 8 heavy (non-hydrogen) atoms. The molecule has 0 spiro atoms. The van der Waals surface area contributed by atoms with Crippen molar-refractivity contribution in [1.82, 2.24) is 4.90 Å². The molecule has 0 radical (unpaired) electrons. The van der Waals surface area contributed by atoms with Crippen LogP contribution in [-0.2, 0) is 0 Å². The third-order valence-corrected chi connectivity index (χ3v) is 0.891. The van der Waals surface area contributed by atoms with E-state index in [0.717, 1.165) is 0 Å². The molecule has 2 nitrogen and oxygen atoms in total. The van der Waals surface area contributed by atoms with Gasteiger partial charge in [-0.05, 0) is 5.88 Å². The Morgan fingerprint density at radius 2 is 1.75 bits per heavy atom. The molecular formula is C4H6Cl2NO-. The van der Waals surface area contributed by atoms with E-state index in [1.807, 2.05) is 0 Å². The SMILES string of the molecule is CN(C)C([O-])=C(Cl)Cl. The zero-order valence-corrected chi connectivity index (χ0v) is 6.12. The van der Waals surface area contributed by atoms with E-state index in [9.17, 15) is 5.11 Å². The zero-order valence-electron chi connectivity index (χ0n) is 4.61. The minimum absolute atomic E-state index is 0.227. The monoisotopic (exact) mass is 154 g/mol. The lowest BCUT2D eigenvalue weighted by Crippen LogP contribution is -2.22. The molecule has 0 atom stereocenters. The summed E-state index contributed by atoms with van der Waals surface area (Å²) in [6, 6.07) is 0. The van der Waals surface area contributed by atoms with Gasteiger partial charge in [0, 0.05) is 14.1 Å². The molecule has 0 aromatic rings. The Balaban J connectivity index is 4.00. The van der Waals surface area contributed by atoms with Crippen LogP contribution in [0.5, 0.6) is 0 Å². The third-order valence-electron chi connectivity index (χ3n) is 0.568. The summed E-state index contributed by atoms with van der Waals surface area (Å²) in [5.41, 5.74) is 0. The maximum Gasteiger partial charge on any atom is 0.115 e. The van der Waals surface area contributed by atoms with E-state index >= 15 is 0 Å². The third kappa shape index (κ3) is 2.28. The summed E-state index contributed by atoms with van der Waals surface area (Å²) in [5.74, 6) is -0.367. The minimum Gasteiger partial charge on any atom is -0.859 e. The number of nitrogens with zero attached hydrogens (tertiary/aromatic N) is 1. The van der Waals surface area contributed by atoms with E-state index in [1.165, 1.54) is 4.90 Å². The van der Waals surface area contributed by atoms with Crippen molar-refractivity contribution in [3.05, 3.63) is 10.4 Å². The van der Waals surface area contributed by atoms with Crippen molar-refractivity contribution in [2.24, 2.45) is 0 Å². The Bertz CT molecular complexity index is 107. The largest absolute Gasteiger partial charge is 0.859 e. The number of halogens is 2. The second kappa shape index (κ2) is 3.05. The van der Waals surface area contributed by atoms with Gasteiger partial charge < -0.3 is 10.0 Å². The molecular weight excluding hydrogens is 149 g/mol. The Labute approximate surface area is 58.3 Å². The highest BCUT2D eigenvalue weighted by molar-refractivity contribution is 6.56. The van der Waals surface area contributed by atoms with Crippen molar-refractivity contribution in [2.45, 2.75) is 0 Å². The van der Waals surface area contributed by atoms with E-state index in [1.54, 1.807) is 14.1 Å². The van der Waals surface area contributed by atoms with Crippen LogP contribution in [-0.4, -0.2) is 19.0 Å². The summed E-state index contributed by atoms with van der Waals surface area (Å²) in [4.78, 5) is 1.30. The Morgan fingerprint density at radius 3 is 1.75 bits per heavy atom. The van der Waals surface area contributed by atoms with Crippen molar-refractivity contribution in [2.75, 3.05) is 14.1 Å². The summed E-state index contributed by atoms with van der Waals surface area (Å²) in [6.45, 7) is 0. The highest BCUT2D eigenvalue weighted by Crippen LogP contribution is 2.09. The van der Waals surface area contributed by atoms with E-state index in [0.29, 0.717) is 0 Å². The lowest BCUT2D eigenvalue weighted by molar-refractivity contribution is -0.328. The first-order valence-electron chi connectivity index (χ1n) is 1.95. The maximum absolute atomic E-state index is 10.5.